The summed E-state index contributed by atoms with van der Waals surface area (Å²) in [4.78, 5) is 16.4. The summed E-state index contributed by atoms with van der Waals surface area (Å²) >= 11 is 5.86. The van der Waals surface area contributed by atoms with Crippen molar-refractivity contribution in [2.24, 2.45) is 0 Å². The van der Waals surface area contributed by atoms with Crippen LogP contribution in [-0.4, -0.2) is 15.3 Å². The molecule has 1 aromatic heterocycles. The summed E-state index contributed by atoms with van der Waals surface area (Å²) in [5.41, 5.74) is 1.97. The molecule has 0 aliphatic rings. The van der Waals surface area contributed by atoms with E-state index < -0.39 is 0 Å². The van der Waals surface area contributed by atoms with E-state index in [2.05, 4.69) is 4.98 Å². The highest BCUT2D eigenvalue weighted by atomic mass is 35.5. The van der Waals surface area contributed by atoms with Crippen molar-refractivity contribution in [2.75, 3.05) is 0 Å². The van der Waals surface area contributed by atoms with Crippen molar-refractivity contribution in [1.29, 1.82) is 0 Å². The number of hydrogen-bond donors (Lipinski definition) is 0. The van der Waals surface area contributed by atoms with Crippen molar-refractivity contribution in [1.82, 2.24) is 9.55 Å². The number of rotatable bonds is 3. The molecule has 0 amide bonds. The molecule has 2 aromatic carbocycles. The standard InChI is InChI=1S/C16H11ClN2O/c17-13-6-8-14(9-7-13)19-10-15(18-11-19)16(20)12-4-2-1-3-5-12/h1-11H. The van der Waals surface area contributed by atoms with E-state index >= 15 is 0 Å². The van der Waals surface area contributed by atoms with Gasteiger partial charge in [-0.2, -0.15) is 0 Å². The van der Waals surface area contributed by atoms with Crippen LogP contribution in [0, 0.1) is 0 Å². The summed E-state index contributed by atoms with van der Waals surface area (Å²) in [6.45, 7) is 0. The highest BCUT2D eigenvalue weighted by Crippen LogP contribution is 2.15. The number of carbonyl (C=O) groups excluding carboxylic acids is 1. The smallest absolute Gasteiger partial charge is 0.212 e. The van der Waals surface area contributed by atoms with E-state index in [-0.39, 0.29) is 5.78 Å². The summed E-state index contributed by atoms with van der Waals surface area (Å²) in [5, 5.41) is 0.675. The number of imidazole rings is 1. The lowest BCUT2D eigenvalue weighted by Crippen LogP contribution is -2.01. The molecule has 0 aliphatic heterocycles. The molecule has 0 N–H and O–H groups in total. The van der Waals surface area contributed by atoms with Gasteiger partial charge in [0, 0.05) is 22.5 Å². The zero-order chi connectivity index (χ0) is 13.9. The second kappa shape index (κ2) is 5.31. The maximum Gasteiger partial charge on any atom is 0.212 e. The zero-order valence-electron chi connectivity index (χ0n) is 10.5. The Labute approximate surface area is 121 Å². The van der Waals surface area contributed by atoms with Crippen LogP contribution in [0.2, 0.25) is 5.02 Å². The van der Waals surface area contributed by atoms with Gasteiger partial charge in [-0.05, 0) is 24.3 Å². The van der Waals surface area contributed by atoms with Crippen molar-refractivity contribution in [2.45, 2.75) is 0 Å². The lowest BCUT2D eigenvalue weighted by atomic mass is 10.1. The topological polar surface area (TPSA) is 34.9 Å². The number of benzene rings is 2. The highest BCUT2D eigenvalue weighted by molar-refractivity contribution is 6.30. The first-order valence-electron chi connectivity index (χ1n) is 6.14. The van der Waals surface area contributed by atoms with Crippen LogP contribution >= 0.6 is 11.6 Å². The van der Waals surface area contributed by atoms with E-state index in [4.69, 9.17) is 11.6 Å². The van der Waals surface area contributed by atoms with Crippen LogP contribution in [0.3, 0.4) is 0 Å². The first-order chi connectivity index (χ1) is 9.74. The van der Waals surface area contributed by atoms with Gasteiger partial charge in [0.15, 0.2) is 0 Å². The van der Waals surface area contributed by atoms with Gasteiger partial charge in [-0.3, -0.25) is 4.79 Å². The van der Waals surface area contributed by atoms with Gasteiger partial charge in [0.25, 0.3) is 0 Å². The lowest BCUT2D eigenvalue weighted by Gasteiger charge is -2.01. The molecular weight excluding hydrogens is 272 g/mol. The Morgan fingerprint density at radius 2 is 1.70 bits per heavy atom. The van der Waals surface area contributed by atoms with Crippen molar-refractivity contribution in [3.63, 3.8) is 0 Å². The highest BCUT2D eigenvalue weighted by Gasteiger charge is 2.12. The maximum atomic E-state index is 12.2. The van der Waals surface area contributed by atoms with Gasteiger partial charge < -0.3 is 4.57 Å². The number of ketones is 1. The normalized spacial score (nSPS) is 10.4. The van der Waals surface area contributed by atoms with Crippen molar-refractivity contribution >= 4 is 17.4 Å². The van der Waals surface area contributed by atoms with E-state index in [1.54, 1.807) is 41.4 Å². The molecule has 20 heavy (non-hydrogen) atoms. The molecule has 3 rings (SSSR count). The third kappa shape index (κ3) is 2.49. The van der Waals surface area contributed by atoms with E-state index in [1.165, 1.54) is 0 Å². The molecule has 0 atom stereocenters. The van der Waals surface area contributed by atoms with E-state index in [9.17, 15) is 4.79 Å². The third-order valence-electron chi connectivity index (χ3n) is 2.98. The van der Waals surface area contributed by atoms with Gasteiger partial charge in [0.2, 0.25) is 5.78 Å². The Bertz CT molecular complexity index is 733. The molecule has 0 spiro atoms. The van der Waals surface area contributed by atoms with Gasteiger partial charge in [-0.1, -0.05) is 41.9 Å². The molecule has 0 fully saturated rings. The Hall–Kier alpha value is -2.39. The Morgan fingerprint density at radius 3 is 2.40 bits per heavy atom. The lowest BCUT2D eigenvalue weighted by molar-refractivity contribution is 0.103. The van der Waals surface area contributed by atoms with E-state index in [0.717, 1.165) is 5.69 Å². The average molecular weight is 283 g/mol. The zero-order valence-corrected chi connectivity index (χ0v) is 11.3. The third-order valence-corrected chi connectivity index (χ3v) is 3.23. The van der Waals surface area contributed by atoms with Crippen LogP contribution in [0.25, 0.3) is 5.69 Å². The van der Waals surface area contributed by atoms with Gasteiger partial charge >= 0.3 is 0 Å². The van der Waals surface area contributed by atoms with Crippen LogP contribution in [0.15, 0.2) is 67.1 Å². The molecule has 98 valence electrons. The SMILES string of the molecule is O=C(c1ccccc1)c1cn(-c2ccc(Cl)cc2)cn1. The Morgan fingerprint density at radius 1 is 1.00 bits per heavy atom. The quantitative estimate of drug-likeness (QED) is 0.686. The molecule has 3 nitrogen and oxygen atoms in total. The van der Waals surface area contributed by atoms with Gasteiger partial charge in [0.1, 0.15) is 12.0 Å². The predicted molar refractivity (Wildman–Crippen MR) is 78.4 cm³/mol. The van der Waals surface area contributed by atoms with Crippen LogP contribution in [-0.2, 0) is 0 Å². The second-order valence-electron chi connectivity index (χ2n) is 4.34. The summed E-state index contributed by atoms with van der Waals surface area (Å²) in [7, 11) is 0. The van der Waals surface area contributed by atoms with Gasteiger partial charge in [0.05, 0.1) is 0 Å². The number of halogens is 1. The predicted octanol–water partition coefficient (Wildman–Crippen LogP) is 3.76. The Balaban J connectivity index is 1.91. The minimum Gasteiger partial charge on any atom is -0.306 e. The monoisotopic (exact) mass is 282 g/mol. The van der Waals surface area contributed by atoms with Gasteiger partial charge in [-0.25, -0.2) is 4.98 Å². The Kier molecular flexibility index (Phi) is 3.35. The van der Waals surface area contributed by atoms with E-state index in [1.807, 2.05) is 30.3 Å². The molecule has 1 heterocycles. The molecule has 0 saturated heterocycles. The van der Waals surface area contributed by atoms with Crippen LogP contribution in [0.4, 0.5) is 0 Å². The fourth-order valence-corrected chi connectivity index (χ4v) is 2.06. The first kappa shape index (κ1) is 12.6. The van der Waals surface area contributed by atoms with Crippen LogP contribution in [0.1, 0.15) is 16.1 Å². The van der Waals surface area contributed by atoms with Gasteiger partial charge in [-0.15, -0.1) is 0 Å². The summed E-state index contributed by atoms with van der Waals surface area (Å²) in [5.74, 6) is -0.0849. The van der Waals surface area contributed by atoms with E-state index in [0.29, 0.717) is 16.3 Å². The molecule has 0 saturated carbocycles. The van der Waals surface area contributed by atoms with Crippen molar-refractivity contribution in [3.05, 3.63) is 83.4 Å². The number of aromatic nitrogens is 2. The molecule has 3 aromatic rings. The molecule has 0 aliphatic carbocycles. The van der Waals surface area contributed by atoms with Crippen molar-refractivity contribution < 1.29 is 4.79 Å². The average Bonchev–Trinajstić information content (AvgIpc) is 2.98. The molecule has 4 heteroatoms. The number of nitrogens with zero attached hydrogens (tertiary/aromatic N) is 2. The fraction of sp³-hybridized carbons (Fsp3) is 0. The molecular formula is C16H11ClN2O. The molecule has 0 radical (unpaired) electrons. The minimum atomic E-state index is -0.0849. The summed E-state index contributed by atoms with van der Waals surface area (Å²) in [6, 6.07) is 16.5. The maximum absolute atomic E-state index is 12.2. The van der Waals surface area contributed by atoms with Crippen LogP contribution < -0.4 is 0 Å². The minimum absolute atomic E-state index is 0.0849. The fourth-order valence-electron chi connectivity index (χ4n) is 1.93. The van der Waals surface area contributed by atoms with Crippen LogP contribution in [0.5, 0.6) is 0 Å². The summed E-state index contributed by atoms with van der Waals surface area (Å²) in [6.07, 6.45) is 3.35. The largest absolute Gasteiger partial charge is 0.306 e. The molecule has 0 bridgehead atoms. The second-order valence-corrected chi connectivity index (χ2v) is 4.77. The molecule has 0 unspecified atom stereocenters. The number of carbonyl (C=O) groups is 1. The summed E-state index contributed by atoms with van der Waals surface area (Å²) < 4.78 is 1.80. The number of hydrogen-bond acceptors (Lipinski definition) is 2. The van der Waals surface area contributed by atoms with Crippen molar-refractivity contribution in [3.8, 4) is 5.69 Å². The first-order valence-corrected chi connectivity index (χ1v) is 6.51.